The van der Waals surface area contributed by atoms with Crippen LogP contribution >= 0.6 is 23.6 Å². The Bertz CT molecular complexity index is 460. The molecule has 1 aliphatic carbocycles. The summed E-state index contributed by atoms with van der Waals surface area (Å²) in [5, 5.41) is 12.0. The monoisotopic (exact) mass is 272 g/mol. The van der Waals surface area contributed by atoms with Gasteiger partial charge in [-0.15, -0.1) is 11.3 Å². The highest BCUT2D eigenvalue weighted by Crippen LogP contribution is 2.26. The Kier molecular flexibility index (Phi) is 3.96. The topological polar surface area (TPSA) is 65.1 Å². The van der Waals surface area contributed by atoms with Crippen molar-refractivity contribution >= 4 is 29.5 Å². The molecule has 1 saturated carbocycles. The molecule has 94 valence electrons. The minimum atomic E-state index is -0.159. The van der Waals surface area contributed by atoms with Crippen molar-refractivity contribution in [2.45, 2.75) is 32.3 Å². The molecule has 1 heterocycles. The number of hydrogen-bond donors (Lipinski definition) is 3. The molecule has 0 radical (unpaired) electrons. The third kappa shape index (κ3) is 3.37. The van der Waals surface area contributed by atoms with Crippen LogP contribution in [0.5, 0.6) is 0 Å². The fourth-order valence-electron chi connectivity index (χ4n) is 1.94. The Morgan fingerprint density at radius 3 is 2.88 bits per heavy atom. The summed E-state index contributed by atoms with van der Waals surface area (Å²) in [6, 6.07) is 0. The molecule has 3 N–H and O–H groups in total. The number of H-pyrrole nitrogens is 1. The van der Waals surface area contributed by atoms with Gasteiger partial charge in [0.15, 0.2) is 3.95 Å². The maximum Gasteiger partial charge on any atom is 0.225 e. The molecule has 0 saturated heterocycles. The third-order valence-electron chi connectivity index (χ3n) is 3.04. The van der Waals surface area contributed by atoms with E-state index in [1.54, 1.807) is 0 Å². The van der Waals surface area contributed by atoms with E-state index < -0.39 is 0 Å². The van der Waals surface area contributed by atoms with Crippen LogP contribution in [-0.2, 0) is 11.2 Å². The van der Waals surface area contributed by atoms with Crippen LogP contribution in [0.15, 0.2) is 0 Å². The van der Waals surface area contributed by atoms with Crippen molar-refractivity contribution in [2.75, 3.05) is 6.54 Å². The van der Waals surface area contributed by atoms with Gasteiger partial charge in [-0.2, -0.15) is 0 Å². The van der Waals surface area contributed by atoms with Crippen LogP contribution in [-0.4, -0.2) is 28.6 Å². The van der Waals surface area contributed by atoms with Crippen LogP contribution in [0.1, 0.15) is 23.4 Å². The minimum absolute atomic E-state index is 0.0275. The normalized spacial score (nSPS) is 23.2. The first-order valence-electron chi connectivity index (χ1n) is 5.68. The zero-order chi connectivity index (χ0) is 12.4. The third-order valence-corrected chi connectivity index (χ3v) is 4.38. The summed E-state index contributed by atoms with van der Waals surface area (Å²) in [5.41, 5.74) is 0.981. The van der Waals surface area contributed by atoms with Crippen molar-refractivity contribution in [3.8, 4) is 0 Å². The molecule has 1 aliphatic rings. The summed E-state index contributed by atoms with van der Waals surface area (Å²) in [6.45, 7) is 2.60. The molecule has 0 bridgehead atoms. The molecule has 0 unspecified atom stereocenters. The van der Waals surface area contributed by atoms with Crippen molar-refractivity contribution < 1.29 is 9.90 Å². The number of rotatable bonds is 4. The second-order valence-electron chi connectivity index (χ2n) is 4.53. The van der Waals surface area contributed by atoms with E-state index in [1.165, 1.54) is 11.3 Å². The van der Waals surface area contributed by atoms with Gasteiger partial charge in [0.1, 0.15) is 0 Å². The number of carbonyl (C=O) groups is 1. The lowest BCUT2D eigenvalue weighted by molar-refractivity contribution is -0.121. The Hall–Kier alpha value is -0.720. The van der Waals surface area contributed by atoms with E-state index in [1.807, 2.05) is 6.92 Å². The molecule has 4 nitrogen and oxygen atoms in total. The number of thiazole rings is 1. The summed E-state index contributed by atoms with van der Waals surface area (Å²) in [7, 11) is 0. The van der Waals surface area contributed by atoms with Crippen molar-refractivity contribution in [3.63, 3.8) is 0 Å². The smallest absolute Gasteiger partial charge is 0.225 e. The summed E-state index contributed by atoms with van der Waals surface area (Å²) in [6.07, 6.45) is 1.85. The Labute approximate surface area is 109 Å². The summed E-state index contributed by atoms with van der Waals surface area (Å²) in [4.78, 5) is 15.7. The molecule has 1 aromatic rings. The zero-order valence-electron chi connectivity index (χ0n) is 9.66. The molecule has 1 amide bonds. The molecular formula is C11H16N2O2S2. The molecule has 17 heavy (non-hydrogen) atoms. The largest absolute Gasteiger partial charge is 0.393 e. The predicted octanol–water partition coefficient (Wildman–Crippen LogP) is 1.54. The number of aliphatic hydroxyl groups is 1. The highest BCUT2D eigenvalue weighted by atomic mass is 32.1. The molecule has 0 aromatic carbocycles. The van der Waals surface area contributed by atoms with Crippen LogP contribution in [0.25, 0.3) is 0 Å². The number of aromatic nitrogens is 1. The molecule has 1 fully saturated rings. The highest BCUT2D eigenvalue weighted by molar-refractivity contribution is 7.73. The van der Waals surface area contributed by atoms with Gasteiger partial charge in [-0.05, 0) is 37.9 Å². The molecule has 0 aliphatic heterocycles. The number of hydrogen-bond acceptors (Lipinski definition) is 4. The molecule has 0 spiro atoms. The van der Waals surface area contributed by atoms with Gasteiger partial charge in [-0.1, -0.05) is 0 Å². The van der Waals surface area contributed by atoms with Crippen LogP contribution in [0.4, 0.5) is 0 Å². The maximum atomic E-state index is 11.7. The molecular weight excluding hydrogens is 256 g/mol. The van der Waals surface area contributed by atoms with Gasteiger partial charge in [-0.3, -0.25) is 4.79 Å². The lowest BCUT2D eigenvalue weighted by Crippen LogP contribution is -2.38. The Morgan fingerprint density at radius 1 is 1.65 bits per heavy atom. The van der Waals surface area contributed by atoms with Gasteiger partial charge >= 0.3 is 0 Å². The molecule has 6 heteroatoms. The van der Waals surface area contributed by atoms with E-state index in [9.17, 15) is 4.79 Å². The van der Waals surface area contributed by atoms with Crippen molar-refractivity contribution in [2.24, 2.45) is 5.92 Å². The predicted molar refractivity (Wildman–Crippen MR) is 69.7 cm³/mol. The number of carbonyl (C=O) groups excluding carboxylic acids is 1. The lowest BCUT2D eigenvalue weighted by atomic mass is 9.82. The second-order valence-corrected chi connectivity index (χ2v) is 6.31. The molecule has 2 rings (SSSR count). The van der Waals surface area contributed by atoms with Crippen molar-refractivity contribution in [1.29, 1.82) is 0 Å². The Morgan fingerprint density at radius 2 is 2.35 bits per heavy atom. The quantitative estimate of drug-likeness (QED) is 0.729. The summed E-state index contributed by atoms with van der Waals surface area (Å²) >= 11 is 6.48. The van der Waals surface area contributed by atoms with E-state index in [-0.39, 0.29) is 12.0 Å². The first-order valence-corrected chi connectivity index (χ1v) is 6.90. The van der Waals surface area contributed by atoms with Crippen LogP contribution in [0, 0.1) is 16.8 Å². The van der Waals surface area contributed by atoms with Gasteiger partial charge < -0.3 is 15.4 Å². The van der Waals surface area contributed by atoms with Crippen LogP contribution < -0.4 is 5.32 Å². The van der Waals surface area contributed by atoms with E-state index in [4.69, 9.17) is 17.3 Å². The number of nitrogens with one attached hydrogen (secondary N) is 2. The fourth-order valence-corrected chi connectivity index (χ4v) is 3.23. The standard InChI is InChI=1S/C11H16N2O2S2/c1-6-9(17-11(16)13-6)4-10(15)12-5-7-2-8(14)3-7/h7-8,14H,2-5H2,1H3,(H,12,15)(H,13,16). The van der Waals surface area contributed by atoms with Crippen LogP contribution in [0.2, 0.25) is 0 Å². The fraction of sp³-hybridized carbons (Fsp3) is 0.636. The van der Waals surface area contributed by atoms with Gasteiger partial charge in [-0.25, -0.2) is 0 Å². The lowest BCUT2D eigenvalue weighted by Gasteiger charge is -2.31. The van der Waals surface area contributed by atoms with Gasteiger partial charge in [0, 0.05) is 17.1 Å². The van der Waals surface area contributed by atoms with Gasteiger partial charge in [0.2, 0.25) is 5.91 Å². The highest BCUT2D eigenvalue weighted by Gasteiger charge is 2.27. The van der Waals surface area contributed by atoms with E-state index in [0.717, 1.165) is 23.4 Å². The second kappa shape index (κ2) is 5.29. The van der Waals surface area contributed by atoms with E-state index in [0.29, 0.717) is 22.8 Å². The number of aliphatic hydroxyl groups excluding tert-OH is 1. The summed E-state index contributed by atoms with van der Waals surface area (Å²) < 4.78 is 0.715. The average molecular weight is 272 g/mol. The molecule has 0 atom stereocenters. The zero-order valence-corrected chi connectivity index (χ0v) is 11.3. The first kappa shape index (κ1) is 12.7. The SMILES string of the molecule is Cc1[nH]c(=S)sc1CC(=O)NCC1CC(O)C1. The average Bonchev–Trinajstić information content (AvgIpc) is 2.50. The molecule has 1 aromatic heterocycles. The van der Waals surface area contributed by atoms with Crippen LogP contribution in [0.3, 0.4) is 0 Å². The van der Waals surface area contributed by atoms with E-state index >= 15 is 0 Å². The van der Waals surface area contributed by atoms with Gasteiger partial charge in [0.25, 0.3) is 0 Å². The van der Waals surface area contributed by atoms with Crippen molar-refractivity contribution in [3.05, 3.63) is 14.5 Å². The van der Waals surface area contributed by atoms with Gasteiger partial charge in [0.05, 0.1) is 12.5 Å². The minimum Gasteiger partial charge on any atom is -0.393 e. The maximum absolute atomic E-state index is 11.7. The number of aromatic amines is 1. The summed E-state index contributed by atoms with van der Waals surface area (Å²) in [5.74, 6) is 0.471. The Balaban J connectivity index is 1.77. The number of aryl methyl sites for hydroxylation is 1. The van der Waals surface area contributed by atoms with Crippen molar-refractivity contribution in [1.82, 2.24) is 10.3 Å². The van der Waals surface area contributed by atoms with E-state index in [2.05, 4.69) is 10.3 Å². The first-order chi connectivity index (χ1) is 8.04. The number of amides is 1.